The molecule has 0 aliphatic carbocycles. The number of aryl methyl sites for hydroxylation is 1. The normalized spacial score (nSPS) is 11.6. The molecule has 0 saturated heterocycles. The van der Waals surface area contributed by atoms with Crippen LogP contribution >= 0.6 is 11.6 Å². The molecule has 4 rings (SSSR count). The fraction of sp³-hybridized carbons (Fsp3) is 0.150. The lowest BCUT2D eigenvalue weighted by molar-refractivity contribution is 0.102. The SMILES string of the molecule is C[C@@H](OC(=O)Nc1c(-c2ccc(NC(=O)c3cnc[nH]3)cn2)nnn1C)c1cccnc1Cl. The van der Waals surface area contributed by atoms with Gasteiger partial charge in [-0.1, -0.05) is 22.9 Å². The molecule has 4 aromatic heterocycles. The van der Waals surface area contributed by atoms with E-state index in [0.29, 0.717) is 28.3 Å². The summed E-state index contributed by atoms with van der Waals surface area (Å²) in [6, 6.07) is 6.72. The van der Waals surface area contributed by atoms with Crippen molar-refractivity contribution in [2.45, 2.75) is 13.0 Å². The molecule has 4 heterocycles. The molecule has 0 aliphatic rings. The topological polar surface area (TPSA) is 153 Å². The highest BCUT2D eigenvalue weighted by Crippen LogP contribution is 2.26. The molecule has 1 atom stereocenters. The molecule has 12 nitrogen and oxygen atoms in total. The van der Waals surface area contributed by atoms with E-state index >= 15 is 0 Å². The van der Waals surface area contributed by atoms with E-state index in [2.05, 4.69) is 40.9 Å². The maximum absolute atomic E-state index is 12.5. The van der Waals surface area contributed by atoms with Gasteiger partial charge in [-0.3, -0.25) is 15.1 Å². The second-order valence-electron chi connectivity index (χ2n) is 6.82. The van der Waals surface area contributed by atoms with Crippen molar-refractivity contribution < 1.29 is 14.3 Å². The van der Waals surface area contributed by atoms with E-state index in [0.717, 1.165) is 0 Å². The molecule has 2 amide bonds. The molecule has 0 unspecified atom stereocenters. The lowest BCUT2D eigenvalue weighted by Crippen LogP contribution is -2.18. The molecule has 33 heavy (non-hydrogen) atoms. The van der Waals surface area contributed by atoms with Gasteiger partial charge in [-0.2, -0.15) is 0 Å². The van der Waals surface area contributed by atoms with Crippen LogP contribution in [-0.2, 0) is 11.8 Å². The maximum atomic E-state index is 12.5. The molecule has 0 aliphatic heterocycles. The molecule has 0 radical (unpaired) electrons. The third-order valence-electron chi connectivity index (χ3n) is 4.56. The number of H-pyrrole nitrogens is 1. The predicted molar refractivity (Wildman–Crippen MR) is 119 cm³/mol. The molecule has 0 spiro atoms. The number of amides is 2. The van der Waals surface area contributed by atoms with Gasteiger partial charge in [-0.15, -0.1) is 5.10 Å². The van der Waals surface area contributed by atoms with E-state index in [4.69, 9.17) is 16.3 Å². The van der Waals surface area contributed by atoms with Gasteiger partial charge in [0.25, 0.3) is 5.91 Å². The molecule has 0 aromatic carbocycles. The Labute approximate surface area is 192 Å². The van der Waals surface area contributed by atoms with Gasteiger partial charge < -0.3 is 15.0 Å². The fourth-order valence-electron chi connectivity index (χ4n) is 2.91. The smallest absolute Gasteiger partial charge is 0.413 e. The predicted octanol–water partition coefficient (Wildman–Crippen LogP) is 3.21. The van der Waals surface area contributed by atoms with E-state index in [1.165, 1.54) is 23.4 Å². The summed E-state index contributed by atoms with van der Waals surface area (Å²) in [4.78, 5) is 39.4. The van der Waals surface area contributed by atoms with Crippen LogP contribution in [0.1, 0.15) is 29.1 Å². The number of carbonyl (C=O) groups excluding carboxylic acids is 2. The van der Waals surface area contributed by atoms with Gasteiger partial charge in [0, 0.05) is 18.8 Å². The van der Waals surface area contributed by atoms with Crippen LogP contribution in [0.3, 0.4) is 0 Å². The van der Waals surface area contributed by atoms with Gasteiger partial charge in [0.15, 0.2) is 11.5 Å². The number of ether oxygens (including phenoxy) is 1. The Morgan fingerprint density at radius 1 is 1.18 bits per heavy atom. The van der Waals surface area contributed by atoms with Crippen LogP contribution in [0.15, 0.2) is 49.2 Å². The monoisotopic (exact) mass is 467 g/mol. The number of pyridine rings is 2. The van der Waals surface area contributed by atoms with Crippen molar-refractivity contribution >= 4 is 35.1 Å². The highest BCUT2D eigenvalue weighted by molar-refractivity contribution is 6.30. The Morgan fingerprint density at radius 3 is 2.73 bits per heavy atom. The molecule has 168 valence electrons. The van der Waals surface area contributed by atoms with Crippen molar-refractivity contribution in [2.24, 2.45) is 7.05 Å². The molecule has 13 heteroatoms. The van der Waals surface area contributed by atoms with Gasteiger partial charge in [-0.25, -0.2) is 19.4 Å². The van der Waals surface area contributed by atoms with Crippen LogP contribution < -0.4 is 10.6 Å². The zero-order valence-electron chi connectivity index (χ0n) is 17.5. The summed E-state index contributed by atoms with van der Waals surface area (Å²) in [6.07, 6.45) is 4.48. The van der Waals surface area contributed by atoms with Crippen molar-refractivity contribution in [1.29, 1.82) is 0 Å². The maximum Gasteiger partial charge on any atom is 0.413 e. The standard InChI is InChI=1S/C20H18ClN9O3/c1-11(13-4-3-7-23-17(13)21)33-20(32)27-18-16(28-29-30(18)2)14-6-5-12(8-24-14)26-19(31)15-9-22-10-25-15/h3-11H,1-2H3,(H,22,25)(H,26,31)(H,27,32)/t11-/m1/s1. The second kappa shape index (κ2) is 9.44. The quantitative estimate of drug-likeness (QED) is 0.365. The molecule has 3 N–H and O–H groups in total. The molecular formula is C20H18ClN9O3. The summed E-state index contributed by atoms with van der Waals surface area (Å²) in [7, 11) is 1.62. The van der Waals surface area contributed by atoms with Crippen molar-refractivity contribution in [1.82, 2.24) is 34.9 Å². The Hall–Kier alpha value is -4.32. The number of aromatic nitrogens is 7. The van der Waals surface area contributed by atoms with Crippen LogP contribution in [0.4, 0.5) is 16.3 Å². The Balaban J connectivity index is 1.45. The van der Waals surface area contributed by atoms with Gasteiger partial charge in [0.2, 0.25) is 0 Å². The number of rotatable bonds is 6. The highest BCUT2D eigenvalue weighted by atomic mass is 35.5. The highest BCUT2D eigenvalue weighted by Gasteiger charge is 2.20. The second-order valence-corrected chi connectivity index (χ2v) is 7.18. The molecule has 0 saturated carbocycles. The van der Waals surface area contributed by atoms with Crippen molar-refractivity contribution in [3.8, 4) is 11.4 Å². The number of aromatic amines is 1. The van der Waals surface area contributed by atoms with Crippen LogP contribution in [0.25, 0.3) is 11.4 Å². The summed E-state index contributed by atoms with van der Waals surface area (Å²) < 4.78 is 6.80. The van der Waals surface area contributed by atoms with Gasteiger partial charge >= 0.3 is 6.09 Å². The Bertz CT molecular complexity index is 1270. The van der Waals surface area contributed by atoms with Gasteiger partial charge in [-0.05, 0) is 25.1 Å². The number of hydrogen-bond acceptors (Lipinski definition) is 8. The van der Waals surface area contributed by atoms with Crippen LogP contribution in [0.5, 0.6) is 0 Å². The first-order valence-electron chi connectivity index (χ1n) is 9.66. The van der Waals surface area contributed by atoms with E-state index in [1.807, 2.05) is 0 Å². The average Bonchev–Trinajstić information content (AvgIpc) is 3.46. The number of nitrogens with zero attached hydrogens (tertiary/aromatic N) is 6. The van der Waals surface area contributed by atoms with Crippen LogP contribution in [0, 0.1) is 0 Å². The largest absolute Gasteiger partial charge is 0.441 e. The zero-order chi connectivity index (χ0) is 23.4. The molecule has 4 aromatic rings. The number of halogens is 1. The summed E-state index contributed by atoms with van der Waals surface area (Å²) in [6.45, 7) is 1.68. The van der Waals surface area contributed by atoms with Crippen LogP contribution in [0.2, 0.25) is 5.15 Å². The summed E-state index contributed by atoms with van der Waals surface area (Å²) >= 11 is 6.06. The third kappa shape index (κ3) is 4.96. The van der Waals surface area contributed by atoms with E-state index in [-0.39, 0.29) is 16.9 Å². The first-order valence-corrected chi connectivity index (χ1v) is 10.0. The Morgan fingerprint density at radius 2 is 2.03 bits per heavy atom. The minimum absolute atomic E-state index is 0.254. The minimum Gasteiger partial charge on any atom is -0.441 e. The van der Waals surface area contributed by atoms with Crippen molar-refractivity contribution in [3.05, 3.63) is 65.6 Å². The van der Waals surface area contributed by atoms with Crippen molar-refractivity contribution in [3.63, 3.8) is 0 Å². The summed E-state index contributed by atoms with van der Waals surface area (Å²) in [5, 5.41) is 13.6. The minimum atomic E-state index is -0.725. The van der Waals surface area contributed by atoms with E-state index in [1.54, 1.807) is 44.4 Å². The molecule has 0 fully saturated rings. The number of imidazole rings is 1. The first-order chi connectivity index (χ1) is 15.9. The number of nitrogens with one attached hydrogen (secondary N) is 3. The summed E-state index contributed by atoms with van der Waals surface area (Å²) in [5.74, 6) is -0.0688. The van der Waals surface area contributed by atoms with Crippen molar-refractivity contribution in [2.75, 3.05) is 10.6 Å². The first kappa shape index (κ1) is 21.9. The average molecular weight is 468 g/mol. The Kier molecular flexibility index (Phi) is 6.26. The summed E-state index contributed by atoms with van der Waals surface area (Å²) in [5.41, 5.74) is 2.12. The van der Waals surface area contributed by atoms with E-state index < -0.39 is 12.2 Å². The number of carbonyl (C=O) groups is 2. The van der Waals surface area contributed by atoms with E-state index in [9.17, 15) is 9.59 Å². The lowest BCUT2D eigenvalue weighted by atomic mass is 10.2. The lowest BCUT2D eigenvalue weighted by Gasteiger charge is -2.15. The van der Waals surface area contributed by atoms with Gasteiger partial charge in [0.05, 0.1) is 30.1 Å². The molecular weight excluding hydrogens is 450 g/mol. The molecule has 0 bridgehead atoms. The number of anilines is 2. The van der Waals surface area contributed by atoms with Crippen LogP contribution in [-0.4, -0.2) is 46.9 Å². The fourth-order valence-corrected chi connectivity index (χ4v) is 3.18. The van der Waals surface area contributed by atoms with Gasteiger partial charge in [0.1, 0.15) is 17.0 Å². The zero-order valence-corrected chi connectivity index (χ0v) is 18.2. The number of hydrogen-bond donors (Lipinski definition) is 3. The third-order valence-corrected chi connectivity index (χ3v) is 4.88.